The predicted molar refractivity (Wildman–Crippen MR) is 149 cm³/mol. The molecule has 7 nitrogen and oxygen atoms in total. The third kappa shape index (κ3) is 8.91. The average Bonchev–Trinajstić information content (AvgIpc) is 3.31. The quantitative estimate of drug-likeness (QED) is 0.265. The number of benzene rings is 2. The van der Waals surface area contributed by atoms with Crippen molar-refractivity contribution in [2.45, 2.75) is 40.3 Å². The molecule has 0 bridgehead atoms. The van der Waals surface area contributed by atoms with Crippen LogP contribution in [-0.2, 0) is 22.6 Å². The van der Waals surface area contributed by atoms with Crippen LogP contribution < -0.4 is 10.1 Å². The van der Waals surface area contributed by atoms with Crippen molar-refractivity contribution in [2.75, 3.05) is 38.2 Å². The Kier molecular flexibility index (Phi) is 11.5. The molecule has 0 saturated carbocycles. The first-order chi connectivity index (χ1) is 18.0. The Morgan fingerprint density at radius 1 is 0.919 bits per heavy atom. The van der Waals surface area contributed by atoms with Crippen LogP contribution >= 0.6 is 11.3 Å². The summed E-state index contributed by atoms with van der Waals surface area (Å²) in [5, 5.41) is 4.98. The number of nitrogens with one attached hydrogen (secondary N) is 1. The second kappa shape index (κ2) is 15.0. The highest BCUT2D eigenvalue weighted by molar-refractivity contribution is 7.10. The van der Waals surface area contributed by atoms with E-state index in [4.69, 9.17) is 9.47 Å². The molecular formula is C29H37N3O4S. The molecule has 1 heterocycles. The summed E-state index contributed by atoms with van der Waals surface area (Å²) in [4.78, 5) is 31.6. The van der Waals surface area contributed by atoms with E-state index in [1.807, 2.05) is 72.7 Å². The third-order valence-electron chi connectivity index (χ3n) is 5.83. The summed E-state index contributed by atoms with van der Waals surface area (Å²) in [6.45, 7) is 8.83. The molecule has 1 aromatic heterocycles. The number of carbonyl (C=O) groups is 2. The first-order valence-electron chi connectivity index (χ1n) is 12.7. The minimum absolute atomic E-state index is 0.0357. The van der Waals surface area contributed by atoms with Gasteiger partial charge in [0, 0.05) is 31.2 Å². The molecule has 0 radical (unpaired) electrons. The standard InChI is InChI=1S/C29H37N3O4S/c1-4-35-18-11-17-31(29(34)30-25-14-9-10-15-26(25)36-5-2)22-28(33)32(20-24-12-7-6-8-13-24)21-27-23(3)16-19-37-27/h6-10,12-16,19H,4-5,11,17-18,20-22H2,1-3H3,(H,30,34). The molecule has 3 aromatic rings. The highest BCUT2D eigenvalue weighted by atomic mass is 32.1. The summed E-state index contributed by atoms with van der Waals surface area (Å²) in [5.41, 5.74) is 2.78. The van der Waals surface area contributed by atoms with Gasteiger partial charge in [-0.25, -0.2) is 4.79 Å². The van der Waals surface area contributed by atoms with Crippen molar-refractivity contribution in [3.63, 3.8) is 0 Å². The van der Waals surface area contributed by atoms with Crippen LogP contribution in [0.3, 0.4) is 0 Å². The van der Waals surface area contributed by atoms with Gasteiger partial charge in [0.15, 0.2) is 0 Å². The van der Waals surface area contributed by atoms with Crippen LogP contribution in [0.4, 0.5) is 10.5 Å². The number of amides is 3. The highest BCUT2D eigenvalue weighted by Gasteiger charge is 2.23. The number of nitrogens with zero attached hydrogens (tertiary/aromatic N) is 2. The summed E-state index contributed by atoms with van der Waals surface area (Å²) in [5.74, 6) is 0.485. The van der Waals surface area contributed by atoms with Gasteiger partial charge in [-0.1, -0.05) is 42.5 Å². The fourth-order valence-corrected chi connectivity index (χ4v) is 4.76. The van der Waals surface area contributed by atoms with E-state index < -0.39 is 0 Å². The summed E-state index contributed by atoms with van der Waals surface area (Å²) in [6, 6.07) is 19.0. The molecular weight excluding hydrogens is 486 g/mol. The van der Waals surface area contributed by atoms with E-state index in [1.165, 1.54) is 0 Å². The van der Waals surface area contributed by atoms with E-state index >= 15 is 0 Å². The smallest absolute Gasteiger partial charge is 0.322 e. The van der Waals surface area contributed by atoms with Crippen molar-refractivity contribution in [2.24, 2.45) is 0 Å². The average molecular weight is 524 g/mol. The van der Waals surface area contributed by atoms with Crippen molar-refractivity contribution in [1.82, 2.24) is 9.80 Å². The maximum absolute atomic E-state index is 13.7. The number of para-hydroxylation sites is 2. The number of hydrogen-bond acceptors (Lipinski definition) is 5. The maximum atomic E-state index is 13.7. The van der Waals surface area contributed by atoms with Gasteiger partial charge in [-0.15, -0.1) is 11.3 Å². The van der Waals surface area contributed by atoms with Crippen LogP contribution in [0.1, 0.15) is 36.3 Å². The molecule has 37 heavy (non-hydrogen) atoms. The van der Waals surface area contributed by atoms with E-state index in [2.05, 4.69) is 18.3 Å². The number of thiophene rings is 1. The van der Waals surface area contributed by atoms with Gasteiger partial charge in [-0.2, -0.15) is 0 Å². The fourth-order valence-electron chi connectivity index (χ4n) is 3.84. The molecule has 0 aliphatic rings. The number of rotatable bonds is 14. The zero-order chi connectivity index (χ0) is 26.5. The molecule has 0 atom stereocenters. The number of hydrogen-bond donors (Lipinski definition) is 1. The normalized spacial score (nSPS) is 10.7. The zero-order valence-electron chi connectivity index (χ0n) is 21.9. The number of urea groups is 1. The van der Waals surface area contributed by atoms with Crippen molar-refractivity contribution >= 4 is 29.0 Å². The lowest BCUT2D eigenvalue weighted by Crippen LogP contribution is -2.44. The second-order valence-electron chi connectivity index (χ2n) is 8.59. The van der Waals surface area contributed by atoms with E-state index in [0.29, 0.717) is 57.3 Å². The van der Waals surface area contributed by atoms with Crippen LogP contribution in [0.15, 0.2) is 66.0 Å². The number of ether oxygens (including phenoxy) is 2. The number of anilines is 1. The van der Waals surface area contributed by atoms with Crippen LogP contribution in [0.5, 0.6) is 5.75 Å². The Labute approximate surface area is 224 Å². The highest BCUT2D eigenvalue weighted by Crippen LogP contribution is 2.24. The van der Waals surface area contributed by atoms with Gasteiger partial charge >= 0.3 is 6.03 Å². The Balaban J connectivity index is 1.78. The molecule has 1 N–H and O–H groups in total. The van der Waals surface area contributed by atoms with Crippen molar-refractivity contribution in [3.8, 4) is 5.75 Å². The summed E-state index contributed by atoms with van der Waals surface area (Å²) in [7, 11) is 0. The molecule has 0 unspecified atom stereocenters. The third-order valence-corrected chi connectivity index (χ3v) is 6.84. The van der Waals surface area contributed by atoms with Crippen LogP contribution in [0, 0.1) is 6.92 Å². The van der Waals surface area contributed by atoms with Crippen LogP contribution in [0.2, 0.25) is 0 Å². The number of aryl methyl sites for hydroxylation is 1. The SMILES string of the molecule is CCOCCCN(CC(=O)N(Cc1ccccc1)Cc1sccc1C)C(=O)Nc1ccccc1OCC. The van der Waals surface area contributed by atoms with Crippen molar-refractivity contribution < 1.29 is 19.1 Å². The van der Waals surface area contributed by atoms with Crippen molar-refractivity contribution in [1.29, 1.82) is 0 Å². The fraction of sp³-hybridized carbons (Fsp3) is 0.379. The molecule has 0 fully saturated rings. The first kappa shape index (κ1) is 28.2. The molecule has 0 saturated heterocycles. The topological polar surface area (TPSA) is 71.1 Å². The summed E-state index contributed by atoms with van der Waals surface area (Å²) in [6.07, 6.45) is 0.629. The summed E-state index contributed by atoms with van der Waals surface area (Å²) >= 11 is 1.64. The molecule has 0 aliphatic carbocycles. The van der Waals surface area contributed by atoms with Gasteiger partial charge in [-0.3, -0.25) is 4.79 Å². The Hall–Kier alpha value is -3.36. The van der Waals surface area contributed by atoms with Crippen LogP contribution in [0.25, 0.3) is 0 Å². The Bertz CT molecular complexity index is 1120. The molecule has 198 valence electrons. The lowest BCUT2D eigenvalue weighted by molar-refractivity contribution is -0.133. The minimum atomic E-state index is -0.344. The number of carbonyl (C=O) groups excluding carboxylic acids is 2. The lowest BCUT2D eigenvalue weighted by Gasteiger charge is -2.28. The van der Waals surface area contributed by atoms with Gasteiger partial charge in [0.1, 0.15) is 12.3 Å². The maximum Gasteiger partial charge on any atom is 0.322 e. The molecule has 2 aromatic carbocycles. The second-order valence-corrected chi connectivity index (χ2v) is 9.59. The van der Waals surface area contributed by atoms with Gasteiger partial charge in [-0.05, 0) is 61.9 Å². The van der Waals surface area contributed by atoms with E-state index in [1.54, 1.807) is 22.3 Å². The zero-order valence-corrected chi connectivity index (χ0v) is 22.8. The molecule has 0 aliphatic heterocycles. The molecule has 0 spiro atoms. The lowest BCUT2D eigenvalue weighted by atomic mass is 10.2. The molecule has 8 heteroatoms. The Morgan fingerprint density at radius 2 is 1.68 bits per heavy atom. The van der Waals surface area contributed by atoms with E-state index in [9.17, 15) is 9.59 Å². The largest absolute Gasteiger partial charge is 0.492 e. The Morgan fingerprint density at radius 3 is 2.38 bits per heavy atom. The van der Waals surface area contributed by atoms with Gasteiger partial charge in [0.05, 0.1) is 18.8 Å². The first-order valence-corrected chi connectivity index (χ1v) is 13.6. The predicted octanol–water partition coefficient (Wildman–Crippen LogP) is 5.94. The van der Waals surface area contributed by atoms with Gasteiger partial charge < -0.3 is 24.6 Å². The van der Waals surface area contributed by atoms with Crippen LogP contribution in [-0.4, -0.2) is 54.6 Å². The van der Waals surface area contributed by atoms with E-state index in [-0.39, 0.29) is 18.5 Å². The van der Waals surface area contributed by atoms with E-state index in [0.717, 1.165) is 16.0 Å². The monoisotopic (exact) mass is 523 g/mol. The molecule has 3 rings (SSSR count). The molecule has 3 amide bonds. The van der Waals surface area contributed by atoms with Gasteiger partial charge in [0.2, 0.25) is 5.91 Å². The van der Waals surface area contributed by atoms with Crippen molar-refractivity contribution in [3.05, 3.63) is 82.0 Å². The minimum Gasteiger partial charge on any atom is -0.492 e. The summed E-state index contributed by atoms with van der Waals surface area (Å²) < 4.78 is 11.1. The van der Waals surface area contributed by atoms with Gasteiger partial charge in [0.25, 0.3) is 0 Å².